The number of carbonyl (C=O) groups is 5. The number of rotatable bonds is 9. The monoisotopic (exact) mass is 545 g/mol. The molecule has 11 nitrogen and oxygen atoms in total. The van der Waals surface area contributed by atoms with Gasteiger partial charge in [-0.25, -0.2) is 9.59 Å². The number of amides is 5. The van der Waals surface area contributed by atoms with Crippen LogP contribution in [0.1, 0.15) is 65.4 Å². The van der Waals surface area contributed by atoms with Crippen LogP contribution in [0.15, 0.2) is 30.3 Å². The van der Waals surface area contributed by atoms with Gasteiger partial charge in [-0.2, -0.15) is 0 Å². The lowest BCUT2D eigenvalue weighted by molar-refractivity contribution is -0.140. The van der Waals surface area contributed by atoms with E-state index < -0.39 is 48.0 Å². The lowest BCUT2D eigenvalue weighted by Crippen LogP contribution is -2.59. The van der Waals surface area contributed by atoms with Gasteiger partial charge in [-0.15, -0.1) is 0 Å². The molecule has 5 atom stereocenters. The minimum atomic E-state index is -1.16. The van der Waals surface area contributed by atoms with Crippen LogP contribution in [0.4, 0.5) is 4.79 Å². The molecule has 1 aromatic carbocycles. The van der Waals surface area contributed by atoms with E-state index in [0.717, 1.165) is 5.56 Å². The van der Waals surface area contributed by atoms with Gasteiger partial charge in [-0.05, 0) is 49.5 Å². The molecule has 5 unspecified atom stereocenters. The molecule has 0 aliphatic carbocycles. The molecule has 39 heavy (non-hydrogen) atoms. The van der Waals surface area contributed by atoms with Gasteiger partial charge in [0.1, 0.15) is 24.2 Å². The van der Waals surface area contributed by atoms with Gasteiger partial charge < -0.3 is 31.7 Å². The third-order valence-corrected chi connectivity index (χ3v) is 7.05. The zero-order valence-corrected chi connectivity index (χ0v) is 23.3. The molecule has 1 fully saturated rings. The molecular weight excluding hydrogens is 502 g/mol. The van der Waals surface area contributed by atoms with Gasteiger partial charge in [0.25, 0.3) is 0 Å². The van der Waals surface area contributed by atoms with Gasteiger partial charge in [-0.1, -0.05) is 64.4 Å². The molecule has 1 heterocycles. The molecule has 6 N–H and O–H groups in total. The summed E-state index contributed by atoms with van der Waals surface area (Å²) in [5.74, 6) is -3.09. The first-order chi connectivity index (χ1) is 18.5. The average molecular weight is 546 g/mol. The summed E-state index contributed by atoms with van der Waals surface area (Å²) in [4.78, 5) is 63.7. The Hall–Kier alpha value is -3.63. The van der Waals surface area contributed by atoms with E-state index in [4.69, 9.17) is 0 Å². The number of carbonyl (C=O) groups excluding carboxylic acids is 4. The largest absolute Gasteiger partial charge is 0.480 e. The van der Waals surface area contributed by atoms with Crippen molar-refractivity contribution in [2.75, 3.05) is 6.54 Å². The summed E-state index contributed by atoms with van der Waals surface area (Å²) in [6.07, 6.45) is 2.84. The fourth-order valence-electron chi connectivity index (χ4n) is 4.38. The number of carboxylic acid groups (broad SMARTS) is 1. The zero-order chi connectivity index (χ0) is 28.9. The second-order valence-electron chi connectivity index (χ2n) is 10.5. The van der Waals surface area contributed by atoms with Crippen molar-refractivity contribution in [3.63, 3.8) is 0 Å². The zero-order valence-electron chi connectivity index (χ0n) is 23.3. The van der Waals surface area contributed by atoms with E-state index in [9.17, 15) is 29.1 Å². The van der Waals surface area contributed by atoms with E-state index in [1.165, 1.54) is 0 Å². The summed E-state index contributed by atoms with van der Waals surface area (Å²) >= 11 is 0. The summed E-state index contributed by atoms with van der Waals surface area (Å²) < 4.78 is 0. The quantitative estimate of drug-likeness (QED) is 0.276. The van der Waals surface area contributed by atoms with Crippen molar-refractivity contribution in [2.24, 2.45) is 11.8 Å². The van der Waals surface area contributed by atoms with Gasteiger partial charge >= 0.3 is 12.0 Å². The SMILES string of the molecule is CCC(C)C(NC(=O)NC1CCCCNC(=O)C(CCc2ccccc2)NC(=O)C(C(C)C)NC1=O)C(=O)O. The average Bonchev–Trinajstić information content (AvgIpc) is 2.91. The molecule has 0 bridgehead atoms. The number of hydrogen-bond acceptors (Lipinski definition) is 5. The number of nitrogens with one attached hydrogen (secondary N) is 5. The molecule has 0 radical (unpaired) electrons. The second kappa shape index (κ2) is 15.7. The Morgan fingerprint density at radius 3 is 2.31 bits per heavy atom. The highest BCUT2D eigenvalue weighted by atomic mass is 16.4. The number of hydrogen-bond donors (Lipinski definition) is 6. The van der Waals surface area contributed by atoms with Crippen molar-refractivity contribution in [3.8, 4) is 0 Å². The van der Waals surface area contributed by atoms with Crippen LogP contribution in [0.25, 0.3) is 0 Å². The Balaban J connectivity index is 2.17. The van der Waals surface area contributed by atoms with Crippen LogP contribution in [-0.4, -0.2) is 65.5 Å². The predicted octanol–water partition coefficient (Wildman–Crippen LogP) is 1.71. The van der Waals surface area contributed by atoms with Crippen molar-refractivity contribution < 1.29 is 29.1 Å². The van der Waals surface area contributed by atoms with Crippen LogP contribution in [0, 0.1) is 11.8 Å². The first-order valence-corrected chi connectivity index (χ1v) is 13.8. The van der Waals surface area contributed by atoms with Gasteiger partial charge in [0.15, 0.2) is 0 Å². The molecular formula is C28H43N5O6. The van der Waals surface area contributed by atoms with Gasteiger partial charge in [-0.3, -0.25) is 14.4 Å². The summed E-state index contributed by atoms with van der Waals surface area (Å²) in [5.41, 5.74) is 1.04. The summed E-state index contributed by atoms with van der Waals surface area (Å²) in [6.45, 7) is 7.45. The van der Waals surface area contributed by atoms with Crippen LogP contribution in [0.2, 0.25) is 0 Å². The minimum Gasteiger partial charge on any atom is -0.480 e. The van der Waals surface area contributed by atoms with Gasteiger partial charge in [0, 0.05) is 6.54 Å². The maximum atomic E-state index is 13.3. The van der Waals surface area contributed by atoms with Crippen LogP contribution < -0.4 is 26.6 Å². The fraction of sp³-hybridized carbons (Fsp3) is 0.607. The number of aryl methyl sites for hydroxylation is 1. The Labute approximate surface area is 230 Å². The van der Waals surface area contributed by atoms with Crippen molar-refractivity contribution >= 4 is 29.7 Å². The van der Waals surface area contributed by atoms with Crippen molar-refractivity contribution in [3.05, 3.63) is 35.9 Å². The molecule has 0 aromatic heterocycles. The lowest BCUT2D eigenvalue weighted by atomic mass is 9.99. The fourth-order valence-corrected chi connectivity index (χ4v) is 4.38. The number of aliphatic carboxylic acids is 1. The van der Waals surface area contributed by atoms with Gasteiger partial charge in [0.05, 0.1) is 0 Å². The van der Waals surface area contributed by atoms with E-state index in [2.05, 4.69) is 26.6 Å². The molecule has 11 heteroatoms. The maximum Gasteiger partial charge on any atom is 0.326 e. The van der Waals surface area contributed by atoms with Crippen LogP contribution in [-0.2, 0) is 25.6 Å². The molecule has 1 aliphatic heterocycles. The van der Waals surface area contributed by atoms with Crippen LogP contribution >= 0.6 is 0 Å². The molecule has 0 spiro atoms. The minimum absolute atomic E-state index is 0.250. The molecule has 1 aromatic rings. The van der Waals surface area contributed by atoms with Gasteiger partial charge in [0.2, 0.25) is 17.7 Å². The van der Waals surface area contributed by atoms with Crippen molar-refractivity contribution in [2.45, 2.75) is 90.4 Å². The number of benzene rings is 1. The topological polar surface area (TPSA) is 166 Å². The molecule has 1 aliphatic rings. The predicted molar refractivity (Wildman–Crippen MR) is 147 cm³/mol. The highest BCUT2D eigenvalue weighted by Crippen LogP contribution is 2.11. The maximum absolute atomic E-state index is 13.3. The van der Waals surface area contributed by atoms with E-state index in [1.54, 1.807) is 20.8 Å². The third-order valence-electron chi connectivity index (χ3n) is 7.05. The first kappa shape index (κ1) is 31.6. The lowest BCUT2D eigenvalue weighted by Gasteiger charge is -2.27. The Morgan fingerprint density at radius 2 is 1.69 bits per heavy atom. The molecule has 216 valence electrons. The highest BCUT2D eigenvalue weighted by Gasteiger charge is 2.32. The smallest absolute Gasteiger partial charge is 0.326 e. The number of carboxylic acids is 1. The van der Waals surface area contributed by atoms with Crippen LogP contribution in [0.3, 0.4) is 0 Å². The van der Waals surface area contributed by atoms with E-state index in [1.807, 2.05) is 37.3 Å². The summed E-state index contributed by atoms with van der Waals surface area (Å²) in [6, 6.07) is 5.08. The second-order valence-corrected chi connectivity index (χ2v) is 10.5. The first-order valence-electron chi connectivity index (χ1n) is 13.8. The summed E-state index contributed by atoms with van der Waals surface area (Å²) in [7, 11) is 0. The molecule has 0 saturated carbocycles. The molecule has 2 rings (SSSR count). The molecule has 5 amide bonds. The summed E-state index contributed by atoms with van der Waals surface area (Å²) in [5, 5.41) is 22.9. The van der Waals surface area contributed by atoms with E-state index in [0.29, 0.717) is 38.6 Å². The third kappa shape index (κ3) is 10.2. The standard InChI is InChI=1S/C28H43N5O6/c1-5-18(4)23(27(37)38)33-28(39)31-20-13-9-10-16-29-24(34)21(15-14-19-11-7-6-8-12-19)30-26(36)22(17(2)3)32-25(20)35/h6-8,11-12,17-18,20-23H,5,9-10,13-16H2,1-4H3,(H,29,34)(H,30,36)(H,32,35)(H,37,38)(H2,31,33,39). The van der Waals surface area contributed by atoms with E-state index >= 15 is 0 Å². The molecule has 1 saturated heterocycles. The highest BCUT2D eigenvalue weighted by molar-refractivity contribution is 5.94. The normalized spacial score (nSPS) is 22.6. The van der Waals surface area contributed by atoms with Crippen molar-refractivity contribution in [1.82, 2.24) is 26.6 Å². The van der Waals surface area contributed by atoms with Crippen LogP contribution in [0.5, 0.6) is 0 Å². The van der Waals surface area contributed by atoms with E-state index in [-0.39, 0.29) is 24.2 Å². The Morgan fingerprint density at radius 1 is 1.00 bits per heavy atom. The Bertz CT molecular complexity index is 986. The Kier molecular flexibility index (Phi) is 12.7. The van der Waals surface area contributed by atoms with Crippen molar-refractivity contribution in [1.29, 1.82) is 0 Å². The number of urea groups is 1.